The third kappa shape index (κ3) is 5.65. The summed E-state index contributed by atoms with van der Waals surface area (Å²) < 4.78 is 55.3. The molecule has 1 unspecified atom stereocenters. The Labute approximate surface area is 198 Å². The molecule has 2 heterocycles. The lowest BCUT2D eigenvalue weighted by Crippen LogP contribution is -2.41. The molecule has 13 heteroatoms. The standard InChI is InChI=1S/C21H22F3N5O4S/c1-13(19-18(24)8-25-10-26-19)21(31,16-4-3-15(22)7-17(16)23)9-29-12-28(11-27-29)14(2)33-20(30)32-5-6-34/h3-4,7-8,10-14,31H,5-6,9H2,1-2H3/p+1/t13-,14?,21+/m0/s1. The van der Waals surface area contributed by atoms with Gasteiger partial charge in [-0.3, -0.25) is 0 Å². The lowest BCUT2D eigenvalue weighted by atomic mass is 9.79. The summed E-state index contributed by atoms with van der Waals surface area (Å²) in [6, 6.07) is 2.70. The zero-order valence-electron chi connectivity index (χ0n) is 18.3. The fraction of sp³-hybridized carbons (Fsp3) is 0.381. The number of halogens is 3. The summed E-state index contributed by atoms with van der Waals surface area (Å²) in [5, 5.41) is 15.8. The molecule has 3 rings (SSSR count). The first-order valence-electron chi connectivity index (χ1n) is 10.2. The quantitative estimate of drug-likeness (QED) is 0.266. The molecule has 0 saturated heterocycles. The van der Waals surface area contributed by atoms with Gasteiger partial charge in [0, 0.05) is 35.3 Å². The van der Waals surface area contributed by atoms with Crippen LogP contribution in [0.5, 0.6) is 0 Å². The van der Waals surface area contributed by atoms with E-state index in [9.17, 15) is 23.1 Å². The summed E-state index contributed by atoms with van der Waals surface area (Å²) in [7, 11) is 0. The SMILES string of the molecule is CC(OC(=O)OCCS)[n+]1cnn(C[C@](O)(c2ccc(F)cc2F)[C@@H](C)c2ncncc2F)c1. The van der Waals surface area contributed by atoms with Crippen molar-refractivity contribution in [1.82, 2.24) is 19.7 Å². The van der Waals surface area contributed by atoms with Crippen molar-refractivity contribution in [3.05, 3.63) is 72.1 Å². The van der Waals surface area contributed by atoms with E-state index in [1.54, 1.807) is 6.92 Å². The highest BCUT2D eigenvalue weighted by molar-refractivity contribution is 7.80. The van der Waals surface area contributed by atoms with Crippen molar-refractivity contribution < 1.29 is 37.1 Å². The van der Waals surface area contributed by atoms with Crippen LogP contribution in [0.1, 0.15) is 37.3 Å². The van der Waals surface area contributed by atoms with Gasteiger partial charge in [0.1, 0.15) is 36.7 Å². The van der Waals surface area contributed by atoms with E-state index in [-0.39, 0.29) is 24.4 Å². The van der Waals surface area contributed by atoms with E-state index in [1.165, 1.54) is 28.8 Å². The van der Waals surface area contributed by atoms with E-state index in [0.29, 0.717) is 11.8 Å². The highest BCUT2D eigenvalue weighted by Gasteiger charge is 2.43. The van der Waals surface area contributed by atoms with E-state index in [0.717, 1.165) is 24.7 Å². The van der Waals surface area contributed by atoms with Gasteiger partial charge in [0.05, 0.1) is 11.9 Å². The molecular formula is C21H23F3N5O4S+. The van der Waals surface area contributed by atoms with Crippen molar-refractivity contribution in [3.8, 4) is 0 Å². The average molecular weight is 499 g/mol. The van der Waals surface area contributed by atoms with Crippen molar-refractivity contribution in [2.24, 2.45) is 0 Å². The molecule has 3 aromatic rings. The largest absolute Gasteiger partial charge is 0.511 e. The van der Waals surface area contributed by atoms with Gasteiger partial charge >= 0.3 is 6.16 Å². The van der Waals surface area contributed by atoms with E-state index >= 15 is 0 Å². The van der Waals surface area contributed by atoms with Crippen LogP contribution in [0.25, 0.3) is 0 Å². The van der Waals surface area contributed by atoms with Gasteiger partial charge in [0.25, 0.3) is 6.33 Å². The molecule has 0 fully saturated rings. The van der Waals surface area contributed by atoms with Crippen molar-refractivity contribution >= 4 is 18.8 Å². The third-order valence-electron chi connectivity index (χ3n) is 5.22. The van der Waals surface area contributed by atoms with Crippen molar-refractivity contribution in [3.63, 3.8) is 0 Å². The van der Waals surface area contributed by atoms with Crippen LogP contribution in [-0.2, 0) is 21.6 Å². The summed E-state index contributed by atoms with van der Waals surface area (Å²) in [5.74, 6) is -3.42. The minimum absolute atomic E-state index is 0.0757. The van der Waals surface area contributed by atoms with Crippen molar-refractivity contribution in [2.45, 2.75) is 38.1 Å². The normalized spacial score (nSPS) is 14.8. The Morgan fingerprint density at radius 2 is 2.06 bits per heavy atom. The number of nitrogens with zero attached hydrogens (tertiary/aromatic N) is 5. The summed E-state index contributed by atoms with van der Waals surface area (Å²) in [6.45, 7) is 2.71. The van der Waals surface area contributed by atoms with Gasteiger partial charge < -0.3 is 14.6 Å². The molecule has 3 atom stereocenters. The average Bonchev–Trinajstić information content (AvgIpc) is 3.25. The van der Waals surface area contributed by atoms with Crippen LogP contribution in [0.4, 0.5) is 18.0 Å². The zero-order chi connectivity index (χ0) is 24.9. The highest BCUT2D eigenvalue weighted by atomic mass is 32.1. The number of aliphatic hydroxyl groups is 1. The molecule has 34 heavy (non-hydrogen) atoms. The number of thiol groups is 1. The Balaban J connectivity index is 1.93. The molecule has 0 aliphatic rings. The van der Waals surface area contributed by atoms with Crippen molar-refractivity contribution in [1.29, 1.82) is 0 Å². The first-order valence-corrected chi connectivity index (χ1v) is 10.8. The molecule has 2 aromatic heterocycles. The Bertz CT molecular complexity index is 1150. The van der Waals surface area contributed by atoms with Crippen molar-refractivity contribution in [2.75, 3.05) is 12.4 Å². The zero-order valence-corrected chi connectivity index (χ0v) is 19.2. The number of hydrogen-bond acceptors (Lipinski definition) is 8. The monoisotopic (exact) mass is 498 g/mol. The lowest BCUT2D eigenvalue weighted by Gasteiger charge is -2.32. The lowest BCUT2D eigenvalue weighted by molar-refractivity contribution is -0.754. The fourth-order valence-corrected chi connectivity index (χ4v) is 3.47. The minimum Gasteiger partial charge on any atom is -0.433 e. The summed E-state index contributed by atoms with van der Waals surface area (Å²) in [5.41, 5.74) is -2.54. The second-order valence-corrected chi connectivity index (χ2v) is 7.90. The number of carbonyl (C=O) groups is 1. The van der Waals surface area contributed by atoms with Gasteiger partial charge in [0.2, 0.25) is 12.6 Å². The molecule has 1 aromatic carbocycles. The molecule has 0 amide bonds. The maximum absolute atomic E-state index is 14.8. The molecule has 0 aliphatic heterocycles. The van der Waals surface area contributed by atoms with E-state index in [1.807, 2.05) is 0 Å². The number of carbonyl (C=O) groups excluding carboxylic acids is 1. The van der Waals surface area contributed by atoms with Gasteiger partial charge in [-0.25, -0.2) is 27.9 Å². The molecule has 0 saturated carbocycles. The molecule has 1 N–H and O–H groups in total. The second kappa shape index (κ2) is 10.8. The molecule has 0 aliphatic carbocycles. The van der Waals surface area contributed by atoms with Crippen LogP contribution in [0.2, 0.25) is 0 Å². The number of aromatic nitrogens is 5. The van der Waals surface area contributed by atoms with E-state index in [4.69, 9.17) is 9.47 Å². The predicted octanol–water partition coefficient (Wildman–Crippen LogP) is 2.67. The van der Waals surface area contributed by atoms with Crippen LogP contribution >= 0.6 is 12.6 Å². The van der Waals surface area contributed by atoms with Crippen LogP contribution in [0.15, 0.2) is 43.4 Å². The topological polar surface area (TPSA) is 103 Å². The number of benzene rings is 1. The summed E-state index contributed by atoms with van der Waals surface area (Å²) in [4.78, 5) is 19.2. The first kappa shape index (κ1) is 25.4. The summed E-state index contributed by atoms with van der Waals surface area (Å²) >= 11 is 3.94. The van der Waals surface area contributed by atoms with Crippen LogP contribution in [0, 0.1) is 17.5 Å². The number of hydrogen-bond donors (Lipinski definition) is 2. The number of rotatable bonds is 9. The van der Waals surface area contributed by atoms with Crippen LogP contribution in [-0.4, -0.2) is 43.4 Å². The Hall–Kier alpha value is -3.19. The first-order chi connectivity index (χ1) is 16.2. The Morgan fingerprint density at radius 3 is 2.74 bits per heavy atom. The fourth-order valence-electron chi connectivity index (χ4n) is 3.38. The minimum atomic E-state index is -2.10. The van der Waals surface area contributed by atoms with Crippen LogP contribution < -0.4 is 4.57 Å². The molecule has 182 valence electrons. The molecule has 9 nitrogen and oxygen atoms in total. The Morgan fingerprint density at radius 1 is 1.29 bits per heavy atom. The maximum atomic E-state index is 14.8. The highest BCUT2D eigenvalue weighted by Crippen LogP contribution is 2.39. The van der Waals surface area contributed by atoms with E-state index < -0.39 is 41.4 Å². The molecule has 0 bridgehead atoms. The Kier molecular flexibility index (Phi) is 8.10. The van der Waals surface area contributed by atoms with Crippen LogP contribution in [0.3, 0.4) is 0 Å². The molecular weight excluding hydrogens is 475 g/mol. The third-order valence-corrected chi connectivity index (χ3v) is 5.40. The van der Waals surface area contributed by atoms with E-state index in [2.05, 4.69) is 27.7 Å². The van der Waals surface area contributed by atoms with Gasteiger partial charge in [-0.05, 0) is 6.07 Å². The maximum Gasteiger partial charge on any atom is 0.511 e. The van der Waals surface area contributed by atoms with Gasteiger partial charge in [-0.2, -0.15) is 17.2 Å². The smallest absolute Gasteiger partial charge is 0.433 e. The number of ether oxygens (including phenoxy) is 2. The van der Waals surface area contributed by atoms with Gasteiger partial charge in [-0.1, -0.05) is 13.0 Å². The van der Waals surface area contributed by atoms with Gasteiger partial charge in [0.15, 0.2) is 5.82 Å². The second-order valence-electron chi connectivity index (χ2n) is 7.46. The molecule has 0 spiro atoms. The van der Waals surface area contributed by atoms with Gasteiger partial charge in [-0.15, -0.1) is 4.68 Å². The summed E-state index contributed by atoms with van der Waals surface area (Å²) in [6.07, 6.45) is 3.01. The predicted molar refractivity (Wildman–Crippen MR) is 114 cm³/mol. The molecule has 0 radical (unpaired) electrons.